The van der Waals surface area contributed by atoms with Crippen molar-refractivity contribution in [2.75, 3.05) is 44.9 Å². The van der Waals surface area contributed by atoms with Crippen molar-refractivity contribution < 1.29 is 14.6 Å². The molecule has 0 radical (unpaired) electrons. The maximum Gasteiger partial charge on any atom is 0.161 e. The summed E-state index contributed by atoms with van der Waals surface area (Å²) in [5.74, 6) is 3.58. The first-order valence-corrected chi connectivity index (χ1v) is 11.1. The minimum absolute atomic E-state index is 0.254. The summed E-state index contributed by atoms with van der Waals surface area (Å²) in [7, 11) is 1.63. The van der Waals surface area contributed by atoms with Gasteiger partial charge in [-0.05, 0) is 24.6 Å². The number of methoxy groups -OCH3 is 1. The predicted octanol–water partition coefficient (Wildman–Crippen LogP) is 1.87. The van der Waals surface area contributed by atoms with Crippen molar-refractivity contribution in [2.45, 2.75) is 26.1 Å². The Labute approximate surface area is 176 Å². The summed E-state index contributed by atoms with van der Waals surface area (Å²) < 4.78 is 11.3. The third-order valence-electron chi connectivity index (χ3n) is 4.70. The van der Waals surface area contributed by atoms with Gasteiger partial charge in [0.2, 0.25) is 0 Å². The Morgan fingerprint density at radius 1 is 1.17 bits per heavy atom. The molecule has 0 spiro atoms. The molecule has 2 aromatic rings. The van der Waals surface area contributed by atoms with Crippen LogP contribution in [0.5, 0.6) is 11.5 Å². The number of benzene rings is 1. The van der Waals surface area contributed by atoms with E-state index >= 15 is 0 Å². The number of aryl methyl sites for hydroxylation is 1. The average molecular weight is 419 g/mol. The lowest BCUT2D eigenvalue weighted by atomic mass is 10.2. The molecule has 1 aliphatic heterocycles. The molecular weight excluding hydrogens is 388 g/mol. The van der Waals surface area contributed by atoms with Gasteiger partial charge in [0.1, 0.15) is 12.7 Å². The monoisotopic (exact) mass is 418 g/mol. The zero-order valence-electron chi connectivity index (χ0n) is 17.1. The summed E-state index contributed by atoms with van der Waals surface area (Å²) in [6.45, 7) is 6.21. The Hall–Kier alpha value is -1.87. The van der Waals surface area contributed by atoms with Crippen molar-refractivity contribution in [3.63, 3.8) is 0 Å². The van der Waals surface area contributed by atoms with Crippen molar-refractivity contribution in [1.82, 2.24) is 20.2 Å². The van der Waals surface area contributed by atoms with Gasteiger partial charge in [0.15, 0.2) is 11.5 Å². The Bertz CT molecular complexity index is 754. The zero-order chi connectivity index (χ0) is 20.5. The maximum atomic E-state index is 10.3. The Balaban J connectivity index is 1.46. The molecule has 158 valence electrons. The number of aromatic nitrogens is 2. The fraction of sp³-hybridized carbons (Fsp3) is 0.524. The molecule has 7 nitrogen and oxygen atoms in total. The fourth-order valence-electron chi connectivity index (χ4n) is 3.11. The molecule has 0 amide bonds. The second kappa shape index (κ2) is 11.3. The summed E-state index contributed by atoms with van der Waals surface area (Å²) in [5.41, 5.74) is 2.90. The summed E-state index contributed by atoms with van der Waals surface area (Å²) >= 11 is 1.96. The summed E-state index contributed by atoms with van der Waals surface area (Å²) in [5, 5.41) is 13.6. The van der Waals surface area contributed by atoms with Gasteiger partial charge in [-0.25, -0.2) is 0 Å². The van der Waals surface area contributed by atoms with Crippen molar-refractivity contribution in [3.05, 3.63) is 47.5 Å². The van der Waals surface area contributed by atoms with Gasteiger partial charge in [0.25, 0.3) is 0 Å². The van der Waals surface area contributed by atoms with Gasteiger partial charge >= 0.3 is 0 Å². The first kappa shape index (κ1) is 21.8. The van der Waals surface area contributed by atoms with E-state index in [0.717, 1.165) is 41.5 Å². The van der Waals surface area contributed by atoms with Gasteiger partial charge in [0, 0.05) is 56.6 Å². The summed E-state index contributed by atoms with van der Waals surface area (Å²) in [6, 6.07) is 5.85. The van der Waals surface area contributed by atoms with Crippen LogP contribution in [0.4, 0.5) is 0 Å². The number of aliphatic hydroxyl groups excluding tert-OH is 1. The Morgan fingerprint density at radius 2 is 2.00 bits per heavy atom. The van der Waals surface area contributed by atoms with Gasteiger partial charge in [-0.1, -0.05) is 6.07 Å². The molecule has 3 rings (SSSR count). The number of β-amino-alcohol motifs (C(OH)–C–C–N with tert-alkyl or cyclic N) is 1. The molecule has 0 saturated carbocycles. The molecule has 1 aromatic heterocycles. The van der Waals surface area contributed by atoms with Crippen molar-refractivity contribution >= 4 is 11.8 Å². The zero-order valence-corrected chi connectivity index (χ0v) is 18.0. The number of rotatable bonds is 10. The van der Waals surface area contributed by atoms with E-state index in [0.29, 0.717) is 31.1 Å². The summed E-state index contributed by atoms with van der Waals surface area (Å²) in [6.07, 6.45) is 3.04. The lowest BCUT2D eigenvalue weighted by molar-refractivity contribution is 0.0705. The number of hydrogen-bond acceptors (Lipinski definition) is 8. The van der Waals surface area contributed by atoms with Crippen LogP contribution in [0.25, 0.3) is 0 Å². The molecule has 1 aliphatic rings. The number of ether oxygens (including phenoxy) is 2. The van der Waals surface area contributed by atoms with Gasteiger partial charge in [0.05, 0.1) is 18.5 Å². The standard InChI is InChI=1S/C21H30N4O3S/c1-16-10-24-18(13-23-16)12-22-11-17-3-4-20(21(9-17)27-2)28-15-19(26)14-25-5-7-29-8-6-25/h3-4,9-10,13,19,22,26H,5-8,11-12,14-15H2,1-2H3. The highest BCUT2D eigenvalue weighted by Crippen LogP contribution is 2.28. The van der Waals surface area contributed by atoms with Crippen LogP contribution >= 0.6 is 11.8 Å². The van der Waals surface area contributed by atoms with Gasteiger partial charge in [-0.3, -0.25) is 14.9 Å². The predicted molar refractivity (Wildman–Crippen MR) is 116 cm³/mol. The van der Waals surface area contributed by atoms with E-state index in [1.54, 1.807) is 19.5 Å². The van der Waals surface area contributed by atoms with Crippen LogP contribution in [0.3, 0.4) is 0 Å². The maximum absolute atomic E-state index is 10.3. The smallest absolute Gasteiger partial charge is 0.161 e. The van der Waals surface area contributed by atoms with Crippen molar-refractivity contribution in [3.8, 4) is 11.5 Å². The van der Waals surface area contributed by atoms with E-state index in [4.69, 9.17) is 9.47 Å². The number of aliphatic hydroxyl groups is 1. The molecule has 29 heavy (non-hydrogen) atoms. The minimum atomic E-state index is -0.514. The van der Waals surface area contributed by atoms with E-state index in [1.165, 1.54) is 0 Å². The van der Waals surface area contributed by atoms with E-state index in [2.05, 4.69) is 20.2 Å². The SMILES string of the molecule is COc1cc(CNCc2cnc(C)cn2)ccc1OCC(O)CN1CCSCC1. The quantitative estimate of drug-likeness (QED) is 0.605. The average Bonchev–Trinajstić information content (AvgIpc) is 2.75. The lowest BCUT2D eigenvalue weighted by Crippen LogP contribution is -2.40. The van der Waals surface area contributed by atoms with Gasteiger partial charge < -0.3 is 19.9 Å². The fourth-order valence-corrected chi connectivity index (χ4v) is 4.09. The van der Waals surface area contributed by atoms with Crippen LogP contribution < -0.4 is 14.8 Å². The van der Waals surface area contributed by atoms with Gasteiger partial charge in [-0.15, -0.1) is 0 Å². The number of hydrogen-bond donors (Lipinski definition) is 2. The normalized spacial score (nSPS) is 15.8. The van der Waals surface area contributed by atoms with E-state index < -0.39 is 6.10 Å². The molecular formula is C21H30N4O3S. The number of nitrogens with zero attached hydrogens (tertiary/aromatic N) is 3. The second-order valence-electron chi connectivity index (χ2n) is 7.12. The molecule has 0 bridgehead atoms. The van der Waals surface area contributed by atoms with Crippen LogP contribution in [-0.4, -0.2) is 70.9 Å². The molecule has 1 aromatic carbocycles. The largest absolute Gasteiger partial charge is 0.493 e. The second-order valence-corrected chi connectivity index (χ2v) is 8.34. The third-order valence-corrected chi connectivity index (χ3v) is 5.64. The van der Waals surface area contributed by atoms with E-state index in [9.17, 15) is 5.11 Å². The topological polar surface area (TPSA) is 79.7 Å². The van der Waals surface area contributed by atoms with E-state index in [-0.39, 0.29) is 6.61 Å². The Morgan fingerprint density at radius 3 is 2.72 bits per heavy atom. The molecule has 2 heterocycles. The van der Waals surface area contributed by atoms with Crippen LogP contribution in [0.1, 0.15) is 17.0 Å². The first-order valence-electron chi connectivity index (χ1n) is 9.90. The summed E-state index contributed by atoms with van der Waals surface area (Å²) in [4.78, 5) is 10.9. The highest BCUT2D eigenvalue weighted by Gasteiger charge is 2.16. The van der Waals surface area contributed by atoms with Crippen LogP contribution in [0, 0.1) is 6.92 Å². The minimum Gasteiger partial charge on any atom is -0.493 e. The molecule has 0 aliphatic carbocycles. The lowest BCUT2D eigenvalue weighted by Gasteiger charge is -2.28. The number of thioether (sulfide) groups is 1. The molecule has 1 unspecified atom stereocenters. The molecule has 2 N–H and O–H groups in total. The number of nitrogens with one attached hydrogen (secondary N) is 1. The third kappa shape index (κ3) is 7.15. The highest BCUT2D eigenvalue weighted by molar-refractivity contribution is 7.99. The highest BCUT2D eigenvalue weighted by atomic mass is 32.2. The van der Waals surface area contributed by atoms with Crippen molar-refractivity contribution in [2.24, 2.45) is 0 Å². The first-order chi connectivity index (χ1) is 14.1. The molecule has 8 heteroatoms. The van der Waals surface area contributed by atoms with Crippen LogP contribution in [0.15, 0.2) is 30.6 Å². The molecule has 1 fully saturated rings. The molecule has 1 saturated heterocycles. The van der Waals surface area contributed by atoms with Crippen molar-refractivity contribution in [1.29, 1.82) is 0 Å². The Kier molecular flexibility index (Phi) is 8.54. The van der Waals surface area contributed by atoms with Crippen LogP contribution in [0.2, 0.25) is 0 Å². The van der Waals surface area contributed by atoms with E-state index in [1.807, 2.05) is 36.9 Å². The van der Waals surface area contributed by atoms with Gasteiger partial charge in [-0.2, -0.15) is 11.8 Å². The van der Waals surface area contributed by atoms with Crippen LogP contribution in [-0.2, 0) is 13.1 Å². The molecule has 1 atom stereocenters.